The first-order chi connectivity index (χ1) is 7.66. The molecule has 0 amide bonds. The number of hydrogen-bond acceptors (Lipinski definition) is 3. The van der Waals surface area contributed by atoms with Crippen LogP contribution in [0.1, 0.15) is 59.3 Å². The zero-order chi connectivity index (χ0) is 12.9. The molecule has 2 aliphatic carbocycles. The summed E-state index contributed by atoms with van der Waals surface area (Å²) >= 11 is 0. The van der Waals surface area contributed by atoms with Gasteiger partial charge in [-0.05, 0) is 50.9 Å². The smallest absolute Gasteiger partial charge is 0.135 e. The van der Waals surface area contributed by atoms with E-state index in [1.165, 1.54) is 0 Å². The Balaban J connectivity index is 2.23. The summed E-state index contributed by atoms with van der Waals surface area (Å²) in [7, 11) is 0. The molecule has 0 aromatic rings. The molecule has 0 radical (unpaired) electrons. The fourth-order valence-corrected chi connectivity index (χ4v) is 3.56. The Morgan fingerprint density at radius 1 is 1.35 bits per heavy atom. The Morgan fingerprint density at radius 2 is 2.00 bits per heavy atom. The Labute approximate surface area is 103 Å². The highest BCUT2D eigenvalue weighted by molar-refractivity contribution is 5.80. The Bertz CT molecular complexity index is 331. The van der Waals surface area contributed by atoms with E-state index in [2.05, 4.69) is 6.92 Å². The van der Waals surface area contributed by atoms with Gasteiger partial charge in [0.2, 0.25) is 0 Å². The van der Waals surface area contributed by atoms with Crippen molar-refractivity contribution in [2.24, 2.45) is 11.3 Å². The molecule has 2 fully saturated rings. The summed E-state index contributed by atoms with van der Waals surface area (Å²) in [6.45, 7) is 5.70. The van der Waals surface area contributed by atoms with Gasteiger partial charge in [0.15, 0.2) is 0 Å². The maximum atomic E-state index is 11.6. The number of fused-ring (bicyclic) bond motifs is 1. The van der Waals surface area contributed by atoms with Gasteiger partial charge < -0.3 is 10.2 Å². The third-order valence-corrected chi connectivity index (χ3v) is 5.20. The first-order valence-electron chi connectivity index (χ1n) is 6.63. The minimum Gasteiger partial charge on any atom is -0.390 e. The second kappa shape index (κ2) is 3.79. The molecule has 2 aliphatic rings. The summed E-state index contributed by atoms with van der Waals surface area (Å²) in [6, 6.07) is 0. The molecule has 0 bridgehead atoms. The van der Waals surface area contributed by atoms with Gasteiger partial charge in [-0.15, -0.1) is 0 Å². The number of carbonyl (C=O) groups excluding carboxylic acids is 1. The summed E-state index contributed by atoms with van der Waals surface area (Å²) in [5.74, 6) is 0.257. The van der Waals surface area contributed by atoms with Crippen molar-refractivity contribution in [3.63, 3.8) is 0 Å². The summed E-state index contributed by atoms with van der Waals surface area (Å²) in [5.41, 5.74) is -1.80. The zero-order valence-electron chi connectivity index (χ0n) is 11.1. The Morgan fingerprint density at radius 3 is 2.59 bits per heavy atom. The fourth-order valence-electron chi connectivity index (χ4n) is 3.56. The summed E-state index contributed by atoms with van der Waals surface area (Å²) in [5, 5.41) is 20.9. The molecule has 3 atom stereocenters. The summed E-state index contributed by atoms with van der Waals surface area (Å²) in [4.78, 5) is 11.6. The van der Waals surface area contributed by atoms with Gasteiger partial charge in [0.1, 0.15) is 5.78 Å². The van der Waals surface area contributed by atoms with Crippen molar-refractivity contribution in [1.29, 1.82) is 0 Å². The molecule has 2 rings (SSSR count). The molecule has 2 N–H and O–H groups in total. The van der Waals surface area contributed by atoms with Gasteiger partial charge in [0.05, 0.1) is 11.2 Å². The van der Waals surface area contributed by atoms with Crippen molar-refractivity contribution < 1.29 is 15.0 Å². The van der Waals surface area contributed by atoms with Crippen LogP contribution in [-0.2, 0) is 4.79 Å². The molecule has 0 aliphatic heterocycles. The van der Waals surface area contributed by atoms with E-state index in [-0.39, 0.29) is 23.5 Å². The number of Topliss-reactive ketones (excluding diaryl/α,β-unsaturated/α-hetero) is 1. The van der Waals surface area contributed by atoms with E-state index in [1.54, 1.807) is 13.8 Å². The van der Waals surface area contributed by atoms with Crippen molar-refractivity contribution in [1.82, 2.24) is 0 Å². The van der Waals surface area contributed by atoms with Crippen LogP contribution in [0.3, 0.4) is 0 Å². The molecular formula is C14H24O3. The Hall–Kier alpha value is -0.410. The molecule has 0 aromatic carbocycles. The van der Waals surface area contributed by atoms with Gasteiger partial charge in [-0.1, -0.05) is 6.92 Å². The molecule has 3 nitrogen and oxygen atoms in total. The monoisotopic (exact) mass is 240 g/mol. The molecule has 2 saturated carbocycles. The predicted molar refractivity (Wildman–Crippen MR) is 65.6 cm³/mol. The molecule has 17 heavy (non-hydrogen) atoms. The quantitative estimate of drug-likeness (QED) is 0.737. The van der Waals surface area contributed by atoms with Crippen LogP contribution in [-0.4, -0.2) is 27.2 Å². The zero-order valence-corrected chi connectivity index (χ0v) is 11.1. The fraction of sp³-hybridized carbons (Fsp3) is 0.929. The van der Waals surface area contributed by atoms with Crippen molar-refractivity contribution >= 4 is 5.78 Å². The average molecular weight is 240 g/mol. The Kier molecular flexibility index (Phi) is 2.91. The molecule has 0 saturated heterocycles. The maximum absolute atomic E-state index is 11.6. The lowest BCUT2D eigenvalue weighted by Crippen LogP contribution is -2.57. The second-order valence-corrected chi connectivity index (χ2v) is 6.90. The van der Waals surface area contributed by atoms with Crippen LogP contribution in [0.25, 0.3) is 0 Å². The molecule has 0 spiro atoms. The van der Waals surface area contributed by atoms with E-state index >= 15 is 0 Å². The first-order valence-corrected chi connectivity index (χ1v) is 6.63. The average Bonchev–Trinajstić information content (AvgIpc) is 2.17. The van der Waals surface area contributed by atoms with E-state index in [0.29, 0.717) is 12.8 Å². The van der Waals surface area contributed by atoms with E-state index in [9.17, 15) is 15.0 Å². The third kappa shape index (κ3) is 2.15. The van der Waals surface area contributed by atoms with Crippen LogP contribution in [0.2, 0.25) is 0 Å². The van der Waals surface area contributed by atoms with E-state index in [1.807, 2.05) is 0 Å². The number of ketones is 1. The van der Waals surface area contributed by atoms with Crippen LogP contribution in [0.4, 0.5) is 0 Å². The van der Waals surface area contributed by atoms with Gasteiger partial charge in [-0.2, -0.15) is 0 Å². The highest BCUT2D eigenvalue weighted by atomic mass is 16.3. The van der Waals surface area contributed by atoms with Gasteiger partial charge in [-0.3, -0.25) is 4.79 Å². The van der Waals surface area contributed by atoms with Crippen molar-refractivity contribution in [3.05, 3.63) is 0 Å². The predicted octanol–water partition coefficient (Wildman–Crippen LogP) is 2.05. The highest BCUT2D eigenvalue weighted by Crippen LogP contribution is 2.55. The first kappa shape index (κ1) is 13.0. The number of hydrogen-bond donors (Lipinski definition) is 2. The van der Waals surface area contributed by atoms with Gasteiger partial charge in [-0.25, -0.2) is 0 Å². The normalized spacial score (nSPS) is 43.4. The highest BCUT2D eigenvalue weighted by Gasteiger charge is 2.55. The van der Waals surface area contributed by atoms with Crippen LogP contribution < -0.4 is 0 Å². The lowest BCUT2D eigenvalue weighted by molar-refractivity contribution is -0.175. The number of carbonyl (C=O) groups is 1. The summed E-state index contributed by atoms with van der Waals surface area (Å²) in [6.07, 6.45) is 4.07. The second-order valence-electron chi connectivity index (χ2n) is 6.90. The van der Waals surface area contributed by atoms with E-state index in [0.717, 1.165) is 19.3 Å². The minimum absolute atomic E-state index is 0.0893. The maximum Gasteiger partial charge on any atom is 0.135 e. The SMILES string of the molecule is CC(C)(O)C1CCC2(C)CCC(=O)CC2(O)C1. The van der Waals surface area contributed by atoms with Crippen LogP contribution in [0.15, 0.2) is 0 Å². The molecular weight excluding hydrogens is 216 g/mol. The van der Waals surface area contributed by atoms with Crippen LogP contribution >= 0.6 is 0 Å². The largest absolute Gasteiger partial charge is 0.390 e. The summed E-state index contributed by atoms with van der Waals surface area (Å²) < 4.78 is 0. The lowest BCUT2D eigenvalue weighted by Gasteiger charge is -2.55. The molecule has 98 valence electrons. The van der Waals surface area contributed by atoms with E-state index < -0.39 is 11.2 Å². The van der Waals surface area contributed by atoms with Crippen molar-refractivity contribution in [2.75, 3.05) is 0 Å². The molecule has 0 aromatic heterocycles. The molecule has 0 heterocycles. The standard InChI is InChI=1S/C14H24O3/c1-12(2,16)10-4-6-13(3)7-5-11(15)9-14(13,17)8-10/h10,16-17H,4-9H2,1-3H3. The van der Waals surface area contributed by atoms with Crippen LogP contribution in [0, 0.1) is 11.3 Å². The van der Waals surface area contributed by atoms with Crippen LogP contribution in [0.5, 0.6) is 0 Å². The minimum atomic E-state index is -0.898. The van der Waals surface area contributed by atoms with Gasteiger partial charge in [0.25, 0.3) is 0 Å². The molecule has 3 unspecified atom stereocenters. The van der Waals surface area contributed by atoms with E-state index in [4.69, 9.17) is 0 Å². The van der Waals surface area contributed by atoms with Crippen molar-refractivity contribution in [2.45, 2.75) is 70.5 Å². The van der Waals surface area contributed by atoms with Gasteiger partial charge >= 0.3 is 0 Å². The number of rotatable bonds is 1. The molecule has 3 heteroatoms. The van der Waals surface area contributed by atoms with Crippen molar-refractivity contribution in [3.8, 4) is 0 Å². The third-order valence-electron chi connectivity index (χ3n) is 5.20. The lowest BCUT2D eigenvalue weighted by atomic mass is 9.53. The van der Waals surface area contributed by atoms with Gasteiger partial charge in [0, 0.05) is 12.8 Å². The topological polar surface area (TPSA) is 57.5 Å². The number of aliphatic hydroxyl groups is 2.